The quantitative estimate of drug-likeness (QED) is 0.779. The molecule has 5 heteroatoms. The van der Waals surface area contributed by atoms with Gasteiger partial charge in [-0.05, 0) is 31.4 Å². The lowest BCUT2D eigenvalue weighted by molar-refractivity contribution is 0.0935. The second-order valence-electron chi connectivity index (χ2n) is 4.71. The summed E-state index contributed by atoms with van der Waals surface area (Å²) in [6.45, 7) is 4.05. The maximum Gasteiger partial charge on any atom is 0.269 e. The summed E-state index contributed by atoms with van der Waals surface area (Å²) in [6, 6.07) is 9.72. The van der Waals surface area contributed by atoms with Crippen molar-refractivity contribution in [2.24, 2.45) is 0 Å². The molecule has 19 heavy (non-hydrogen) atoms. The SMILES string of the molecule is Cc1ccccc1CC(C)NC(=O)c1cc(N)n[nH]1. The number of benzene rings is 1. The van der Waals surface area contributed by atoms with Gasteiger partial charge in [-0.1, -0.05) is 24.3 Å². The molecule has 0 spiro atoms. The van der Waals surface area contributed by atoms with Gasteiger partial charge in [0.25, 0.3) is 5.91 Å². The molecule has 0 saturated carbocycles. The summed E-state index contributed by atoms with van der Waals surface area (Å²) in [7, 11) is 0. The number of aryl methyl sites for hydroxylation is 1. The first-order valence-corrected chi connectivity index (χ1v) is 6.22. The topological polar surface area (TPSA) is 83.8 Å². The molecule has 1 aromatic carbocycles. The zero-order valence-corrected chi connectivity index (χ0v) is 11.1. The Morgan fingerprint density at radius 3 is 2.84 bits per heavy atom. The Bertz CT molecular complexity index is 576. The molecule has 4 N–H and O–H groups in total. The Labute approximate surface area is 112 Å². The lowest BCUT2D eigenvalue weighted by Gasteiger charge is -2.14. The van der Waals surface area contributed by atoms with Gasteiger partial charge in [-0.15, -0.1) is 0 Å². The molecule has 1 amide bonds. The Hall–Kier alpha value is -2.30. The van der Waals surface area contributed by atoms with E-state index in [1.807, 2.05) is 19.1 Å². The Balaban J connectivity index is 1.96. The minimum atomic E-state index is -0.190. The fourth-order valence-corrected chi connectivity index (χ4v) is 1.98. The molecule has 1 aromatic heterocycles. The van der Waals surface area contributed by atoms with Crippen molar-refractivity contribution in [2.75, 3.05) is 5.73 Å². The largest absolute Gasteiger partial charge is 0.382 e. The highest BCUT2D eigenvalue weighted by Crippen LogP contribution is 2.10. The number of aromatic nitrogens is 2. The van der Waals surface area contributed by atoms with Gasteiger partial charge in [-0.3, -0.25) is 9.89 Å². The van der Waals surface area contributed by atoms with Gasteiger partial charge in [-0.2, -0.15) is 5.10 Å². The molecule has 0 aliphatic heterocycles. The van der Waals surface area contributed by atoms with E-state index in [0.717, 1.165) is 6.42 Å². The van der Waals surface area contributed by atoms with E-state index in [2.05, 4.69) is 34.6 Å². The van der Waals surface area contributed by atoms with Crippen molar-refractivity contribution in [1.82, 2.24) is 15.5 Å². The number of aromatic amines is 1. The van der Waals surface area contributed by atoms with Crippen molar-refractivity contribution in [3.05, 3.63) is 47.2 Å². The van der Waals surface area contributed by atoms with Crippen LogP contribution < -0.4 is 11.1 Å². The van der Waals surface area contributed by atoms with Gasteiger partial charge in [0.05, 0.1) is 0 Å². The number of nitrogens with two attached hydrogens (primary N) is 1. The number of nitrogens with zero attached hydrogens (tertiary/aromatic N) is 1. The molecule has 1 atom stereocenters. The number of carbonyl (C=O) groups is 1. The van der Waals surface area contributed by atoms with Gasteiger partial charge in [0.2, 0.25) is 0 Å². The van der Waals surface area contributed by atoms with Gasteiger partial charge in [-0.25, -0.2) is 0 Å². The summed E-state index contributed by atoms with van der Waals surface area (Å²) in [4.78, 5) is 11.9. The fraction of sp³-hybridized carbons (Fsp3) is 0.286. The smallest absolute Gasteiger partial charge is 0.269 e. The normalized spacial score (nSPS) is 12.1. The highest BCUT2D eigenvalue weighted by molar-refractivity contribution is 5.93. The number of amides is 1. The van der Waals surface area contributed by atoms with E-state index >= 15 is 0 Å². The molecule has 2 rings (SSSR count). The molecule has 0 aliphatic carbocycles. The minimum absolute atomic E-state index is 0.0399. The van der Waals surface area contributed by atoms with Gasteiger partial charge < -0.3 is 11.1 Å². The standard InChI is InChI=1S/C14H18N4O/c1-9-5-3-4-6-11(9)7-10(2)16-14(19)12-8-13(15)18-17-12/h3-6,8,10H,7H2,1-2H3,(H,16,19)(H3,15,17,18). The van der Waals surface area contributed by atoms with E-state index < -0.39 is 0 Å². The summed E-state index contributed by atoms with van der Waals surface area (Å²) in [5, 5.41) is 9.25. The maximum absolute atomic E-state index is 11.9. The van der Waals surface area contributed by atoms with Gasteiger partial charge in [0.1, 0.15) is 11.5 Å². The Morgan fingerprint density at radius 2 is 2.21 bits per heavy atom. The van der Waals surface area contributed by atoms with Crippen LogP contribution in [0.15, 0.2) is 30.3 Å². The van der Waals surface area contributed by atoms with Crippen molar-refractivity contribution in [1.29, 1.82) is 0 Å². The van der Waals surface area contributed by atoms with Gasteiger partial charge in [0.15, 0.2) is 0 Å². The van der Waals surface area contributed by atoms with Crippen LogP contribution in [0.3, 0.4) is 0 Å². The van der Waals surface area contributed by atoms with Crippen LogP contribution in [-0.4, -0.2) is 22.1 Å². The molecule has 1 unspecified atom stereocenters. The van der Waals surface area contributed by atoms with E-state index in [0.29, 0.717) is 11.5 Å². The number of rotatable bonds is 4. The van der Waals surface area contributed by atoms with Crippen LogP contribution in [0.2, 0.25) is 0 Å². The monoisotopic (exact) mass is 258 g/mol. The van der Waals surface area contributed by atoms with E-state index in [-0.39, 0.29) is 11.9 Å². The maximum atomic E-state index is 11.9. The number of hydrogen-bond acceptors (Lipinski definition) is 3. The van der Waals surface area contributed by atoms with Crippen LogP contribution in [0.5, 0.6) is 0 Å². The van der Waals surface area contributed by atoms with Crippen molar-refractivity contribution in [3.63, 3.8) is 0 Å². The van der Waals surface area contributed by atoms with Crippen LogP contribution >= 0.6 is 0 Å². The first kappa shape index (κ1) is 13.1. The average Bonchev–Trinajstić information content (AvgIpc) is 2.79. The number of H-pyrrole nitrogens is 1. The van der Waals surface area contributed by atoms with Crippen molar-refractivity contribution in [2.45, 2.75) is 26.3 Å². The molecular weight excluding hydrogens is 240 g/mol. The lowest BCUT2D eigenvalue weighted by Crippen LogP contribution is -2.34. The van der Waals surface area contributed by atoms with Gasteiger partial charge >= 0.3 is 0 Å². The zero-order chi connectivity index (χ0) is 13.8. The van der Waals surface area contributed by atoms with Crippen LogP contribution in [0.1, 0.15) is 28.5 Å². The van der Waals surface area contributed by atoms with Crippen LogP contribution in [-0.2, 0) is 6.42 Å². The second-order valence-corrected chi connectivity index (χ2v) is 4.71. The molecule has 0 bridgehead atoms. The molecule has 0 aliphatic rings. The predicted molar refractivity (Wildman–Crippen MR) is 74.8 cm³/mol. The molecule has 100 valence electrons. The van der Waals surface area contributed by atoms with Crippen LogP contribution in [0, 0.1) is 6.92 Å². The van der Waals surface area contributed by atoms with Crippen LogP contribution in [0.25, 0.3) is 0 Å². The average molecular weight is 258 g/mol. The number of nitrogen functional groups attached to an aromatic ring is 1. The molecular formula is C14H18N4O. The van der Waals surface area contributed by atoms with Crippen LogP contribution in [0.4, 0.5) is 5.82 Å². The summed E-state index contributed by atoms with van der Waals surface area (Å²) < 4.78 is 0. The first-order valence-electron chi connectivity index (χ1n) is 6.22. The number of carbonyl (C=O) groups excluding carboxylic acids is 1. The minimum Gasteiger partial charge on any atom is -0.382 e. The summed E-state index contributed by atoms with van der Waals surface area (Å²) >= 11 is 0. The molecule has 2 aromatic rings. The van der Waals surface area contributed by atoms with Crippen molar-refractivity contribution >= 4 is 11.7 Å². The molecule has 0 radical (unpaired) electrons. The van der Waals surface area contributed by atoms with Gasteiger partial charge in [0, 0.05) is 12.1 Å². The molecule has 0 saturated heterocycles. The predicted octanol–water partition coefficient (Wildman–Crippen LogP) is 1.66. The third-order valence-electron chi connectivity index (χ3n) is 3.01. The molecule has 5 nitrogen and oxygen atoms in total. The Morgan fingerprint density at radius 1 is 1.47 bits per heavy atom. The summed E-state index contributed by atoms with van der Waals surface area (Å²) in [5.41, 5.74) is 8.32. The van der Waals surface area contributed by atoms with Crippen molar-refractivity contribution in [3.8, 4) is 0 Å². The second kappa shape index (κ2) is 5.56. The molecule has 1 heterocycles. The Kier molecular flexibility index (Phi) is 3.85. The van der Waals surface area contributed by atoms with E-state index in [4.69, 9.17) is 5.73 Å². The summed E-state index contributed by atoms with van der Waals surface area (Å²) in [6.07, 6.45) is 0.794. The molecule has 0 fully saturated rings. The van der Waals surface area contributed by atoms with Crippen molar-refractivity contribution < 1.29 is 4.79 Å². The first-order chi connectivity index (χ1) is 9.06. The van der Waals surface area contributed by atoms with E-state index in [9.17, 15) is 4.79 Å². The summed E-state index contributed by atoms with van der Waals surface area (Å²) in [5.74, 6) is 0.127. The zero-order valence-electron chi connectivity index (χ0n) is 11.1. The van der Waals surface area contributed by atoms with E-state index in [1.54, 1.807) is 0 Å². The number of hydrogen-bond donors (Lipinski definition) is 3. The highest BCUT2D eigenvalue weighted by Gasteiger charge is 2.12. The number of anilines is 1. The lowest BCUT2D eigenvalue weighted by atomic mass is 10.0. The third kappa shape index (κ3) is 3.34. The fourth-order valence-electron chi connectivity index (χ4n) is 1.98. The number of nitrogens with one attached hydrogen (secondary N) is 2. The van der Waals surface area contributed by atoms with E-state index in [1.165, 1.54) is 17.2 Å². The highest BCUT2D eigenvalue weighted by atomic mass is 16.2. The third-order valence-corrected chi connectivity index (χ3v) is 3.01.